The smallest absolute Gasteiger partial charge is 0.243 e. The van der Waals surface area contributed by atoms with Crippen LogP contribution < -0.4 is 20.7 Å². The summed E-state index contributed by atoms with van der Waals surface area (Å²) in [7, 11) is 0. The van der Waals surface area contributed by atoms with E-state index in [1.807, 2.05) is 60.4 Å². The Hall–Kier alpha value is -3.96. The predicted octanol–water partition coefficient (Wildman–Crippen LogP) is 3.52. The third kappa shape index (κ3) is 10.3. The van der Waals surface area contributed by atoms with E-state index in [-0.39, 0.29) is 48.4 Å². The maximum Gasteiger partial charge on any atom is 0.243 e. The highest BCUT2D eigenvalue weighted by Crippen LogP contribution is 2.39. The van der Waals surface area contributed by atoms with Gasteiger partial charge in [0.2, 0.25) is 23.6 Å². The number of aryl methyl sites for hydroxylation is 2. The lowest BCUT2D eigenvalue weighted by atomic mass is 9.78. The number of nitrogens with one attached hydrogen (secondary N) is 3. The minimum absolute atomic E-state index is 0.163. The minimum atomic E-state index is -1.10. The van der Waals surface area contributed by atoms with E-state index in [0.29, 0.717) is 39.1 Å². The van der Waals surface area contributed by atoms with Crippen LogP contribution in [0.4, 0.5) is 0 Å². The van der Waals surface area contributed by atoms with Gasteiger partial charge in [-0.05, 0) is 112 Å². The number of rotatable bonds is 7. The number of piperidine rings is 2. The molecule has 4 amide bonds. The molecule has 4 bridgehead atoms. The average molecular weight is 702 g/mol. The standard InChI is InChI=1S/C40H55N5O6/c1-29-9-11-33-24-32(29)26-41-38(48)34(12-10-30-6-3-2-4-7-30)43-39(49)35(25-37(47)45-18-5-8-31(27-45)14-22-51-33)42-36(46)13-19-44-20-15-40(16-21-44)17-23-50-28-40/h2-4,6-7,9,11,24,31,34-35H,5,8,10,12-23,25-28H2,1H3,(H,41,48)(H,42,46)(H,43,49)/t31?,34-,35-/m0/s1. The van der Waals surface area contributed by atoms with Crippen LogP contribution in [0.15, 0.2) is 48.5 Å². The summed E-state index contributed by atoms with van der Waals surface area (Å²) in [5, 5.41) is 8.88. The van der Waals surface area contributed by atoms with Crippen molar-refractivity contribution in [3.05, 3.63) is 65.2 Å². The molecule has 11 nitrogen and oxygen atoms in total. The maximum atomic E-state index is 14.1. The second-order valence-corrected chi connectivity index (χ2v) is 15.1. The van der Waals surface area contributed by atoms with Crippen molar-refractivity contribution >= 4 is 23.6 Å². The second kappa shape index (κ2) is 17.5. The van der Waals surface area contributed by atoms with Gasteiger partial charge in [-0.15, -0.1) is 0 Å². The van der Waals surface area contributed by atoms with Crippen LogP contribution in [-0.2, 0) is 36.9 Å². The molecule has 276 valence electrons. The first-order valence-corrected chi connectivity index (χ1v) is 19.0. The van der Waals surface area contributed by atoms with Gasteiger partial charge in [0, 0.05) is 39.2 Å². The van der Waals surface area contributed by atoms with Crippen LogP contribution in [0.25, 0.3) is 0 Å². The lowest BCUT2D eigenvalue weighted by molar-refractivity contribution is -0.138. The summed E-state index contributed by atoms with van der Waals surface area (Å²) in [6, 6.07) is 13.8. The highest BCUT2D eigenvalue weighted by Gasteiger charge is 2.38. The van der Waals surface area contributed by atoms with Gasteiger partial charge in [0.05, 0.1) is 19.6 Å². The zero-order valence-corrected chi connectivity index (χ0v) is 30.1. The zero-order valence-electron chi connectivity index (χ0n) is 30.1. The molecular weight excluding hydrogens is 646 g/mol. The number of likely N-dealkylation sites (tertiary alicyclic amines) is 1. The molecule has 4 heterocycles. The molecule has 1 spiro atoms. The molecule has 2 aromatic carbocycles. The molecule has 0 aromatic heterocycles. The SMILES string of the molecule is Cc1ccc2cc1CNC(=O)[C@H](CCc1ccccc1)NC(=O)[C@@H](NC(=O)CCN1CCC3(CCOC3)CC1)CC(=O)N1CCCC(CCO2)C1. The fourth-order valence-electron chi connectivity index (χ4n) is 7.94. The number of carbonyl (C=O) groups excluding carboxylic acids is 4. The van der Waals surface area contributed by atoms with E-state index in [0.717, 1.165) is 87.3 Å². The van der Waals surface area contributed by atoms with Crippen LogP contribution in [0.3, 0.4) is 0 Å². The topological polar surface area (TPSA) is 129 Å². The van der Waals surface area contributed by atoms with Crippen molar-refractivity contribution < 1.29 is 28.7 Å². The van der Waals surface area contributed by atoms with E-state index in [1.165, 1.54) is 0 Å². The summed E-state index contributed by atoms with van der Waals surface area (Å²) in [4.78, 5) is 59.1. The maximum absolute atomic E-state index is 14.1. The lowest BCUT2D eigenvalue weighted by Gasteiger charge is -2.38. The largest absolute Gasteiger partial charge is 0.494 e. The van der Waals surface area contributed by atoms with Crippen molar-refractivity contribution in [2.75, 3.05) is 52.5 Å². The van der Waals surface area contributed by atoms with Crippen molar-refractivity contribution in [1.29, 1.82) is 0 Å². The Morgan fingerprint density at radius 3 is 2.59 bits per heavy atom. The van der Waals surface area contributed by atoms with Gasteiger partial charge >= 0.3 is 0 Å². The van der Waals surface area contributed by atoms with E-state index in [1.54, 1.807) is 0 Å². The van der Waals surface area contributed by atoms with Crippen LogP contribution in [-0.4, -0.2) is 98.1 Å². The number of hydrogen-bond acceptors (Lipinski definition) is 7. The molecule has 4 aliphatic rings. The average Bonchev–Trinajstić information content (AvgIpc) is 3.60. The first kappa shape index (κ1) is 36.8. The Balaban J connectivity index is 1.17. The number of fused-ring (bicyclic) bond motifs is 4. The van der Waals surface area contributed by atoms with E-state index < -0.39 is 18.0 Å². The van der Waals surface area contributed by atoms with Crippen molar-refractivity contribution in [3.63, 3.8) is 0 Å². The Bertz CT molecular complexity index is 1500. The molecular formula is C40H55N5O6. The number of amides is 4. The van der Waals surface area contributed by atoms with E-state index in [9.17, 15) is 19.2 Å². The molecule has 51 heavy (non-hydrogen) atoms. The van der Waals surface area contributed by atoms with Crippen LogP contribution in [0.2, 0.25) is 0 Å². The second-order valence-electron chi connectivity index (χ2n) is 15.1. The van der Waals surface area contributed by atoms with E-state index in [2.05, 4.69) is 20.9 Å². The van der Waals surface area contributed by atoms with Gasteiger partial charge in [-0.2, -0.15) is 0 Å². The Labute approximate surface area is 302 Å². The minimum Gasteiger partial charge on any atom is -0.494 e. The summed E-state index contributed by atoms with van der Waals surface area (Å²) >= 11 is 0. The molecule has 0 aliphatic carbocycles. The van der Waals surface area contributed by atoms with Gasteiger partial charge in [0.15, 0.2) is 0 Å². The Morgan fingerprint density at radius 2 is 1.80 bits per heavy atom. The molecule has 3 saturated heterocycles. The fourth-order valence-corrected chi connectivity index (χ4v) is 7.94. The first-order valence-electron chi connectivity index (χ1n) is 19.0. The zero-order chi connectivity index (χ0) is 35.6. The summed E-state index contributed by atoms with van der Waals surface area (Å²) in [6.07, 6.45) is 6.90. The molecule has 6 rings (SSSR count). The van der Waals surface area contributed by atoms with Gasteiger partial charge in [-0.3, -0.25) is 19.2 Å². The van der Waals surface area contributed by atoms with Gasteiger partial charge in [0.25, 0.3) is 0 Å². The summed E-state index contributed by atoms with van der Waals surface area (Å²) < 4.78 is 11.8. The fraction of sp³-hybridized carbons (Fsp3) is 0.600. The molecule has 3 N–H and O–H groups in total. The highest BCUT2D eigenvalue weighted by molar-refractivity contribution is 5.95. The predicted molar refractivity (Wildman–Crippen MR) is 194 cm³/mol. The number of carbonyl (C=O) groups is 4. The van der Waals surface area contributed by atoms with E-state index in [4.69, 9.17) is 9.47 Å². The van der Waals surface area contributed by atoms with Crippen LogP contribution in [0, 0.1) is 18.3 Å². The number of benzene rings is 2. The molecule has 4 aliphatic heterocycles. The number of hydrogen-bond donors (Lipinski definition) is 3. The normalized spacial score (nSPS) is 24.9. The Kier molecular flexibility index (Phi) is 12.6. The number of nitrogens with zero attached hydrogens (tertiary/aromatic N) is 2. The van der Waals surface area contributed by atoms with Gasteiger partial charge in [-0.1, -0.05) is 36.4 Å². The summed E-state index contributed by atoms with van der Waals surface area (Å²) in [6.45, 7) is 8.09. The van der Waals surface area contributed by atoms with Crippen LogP contribution in [0.5, 0.6) is 5.75 Å². The molecule has 3 atom stereocenters. The number of ether oxygens (including phenoxy) is 2. The molecule has 11 heteroatoms. The molecule has 0 radical (unpaired) electrons. The Morgan fingerprint density at radius 1 is 0.980 bits per heavy atom. The first-order chi connectivity index (χ1) is 24.7. The van der Waals surface area contributed by atoms with Crippen LogP contribution >= 0.6 is 0 Å². The van der Waals surface area contributed by atoms with Crippen molar-refractivity contribution in [3.8, 4) is 5.75 Å². The quantitative estimate of drug-likeness (QED) is 0.403. The van der Waals surface area contributed by atoms with Gasteiger partial charge < -0.3 is 35.2 Å². The lowest BCUT2D eigenvalue weighted by Crippen LogP contribution is -2.55. The highest BCUT2D eigenvalue weighted by atomic mass is 16.5. The third-order valence-corrected chi connectivity index (χ3v) is 11.4. The van der Waals surface area contributed by atoms with E-state index >= 15 is 0 Å². The third-order valence-electron chi connectivity index (χ3n) is 11.4. The summed E-state index contributed by atoms with van der Waals surface area (Å²) in [5.74, 6) is -0.256. The molecule has 0 saturated carbocycles. The van der Waals surface area contributed by atoms with Crippen molar-refractivity contribution in [1.82, 2.24) is 25.8 Å². The van der Waals surface area contributed by atoms with Crippen molar-refractivity contribution in [2.45, 2.75) is 89.8 Å². The van der Waals surface area contributed by atoms with Gasteiger partial charge in [0.1, 0.15) is 17.8 Å². The molecule has 1 unspecified atom stereocenters. The van der Waals surface area contributed by atoms with Gasteiger partial charge in [-0.25, -0.2) is 0 Å². The monoisotopic (exact) mass is 701 g/mol. The molecule has 3 fully saturated rings. The molecule has 2 aromatic rings. The van der Waals surface area contributed by atoms with Crippen LogP contribution in [0.1, 0.15) is 74.5 Å². The van der Waals surface area contributed by atoms with Crippen molar-refractivity contribution in [2.24, 2.45) is 11.3 Å². The summed E-state index contributed by atoms with van der Waals surface area (Å²) in [5.41, 5.74) is 3.30.